The standard InChI is InChI=1S/C20H20N2O4S2/c1-12-16-18(28-17(12)20(25)26-13-6-3-2-4-7-13)21-11-22(19(16)24)10-14(23)15-8-5-9-27-15/h5,8-9,11,13H,2-4,6-7,10H2,1H3. The predicted molar refractivity (Wildman–Crippen MR) is 110 cm³/mol. The van der Waals surface area contributed by atoms with E-state index in [1.807, 2.05) is 5.38 Å². The summed E-state index contributed by atoms with van der Waals surface area (Å²) >= 11 is 2.52. The van der Waals surface area contributed by atoms with Gasteiger partial charge in [-0.25, -0.2) is 9.78 Å². The molecule has 1 saturated carbocycles. The fourth-order valence-electron chi connectivity index (χ4n) is 3.52. The van der Waals surface area contributed by atoms with Crippen molar-refractivity contribution in [2.24, 2.45) is 0 Å². The number of Topliss-reactive ketones (excluding diaryl/α,β-unsaturated/α-hetero) is 1. The summed E-state index contributed by atoms with van der Waals surface area (Å²) in [5.41, 5.74) is 0.275. The predicted octanol–water partition coefficient (Wildman–Crippen LogP) is 4.20. The van der Waals surface area contributed by atoms with Gasteiger partial charge in [0.15, 0.2) is 5.78 Å². The summed E-state index contributed by atoms with van der Waals surface area (Å²) in [6, 6.07) is 3.54. The van der Waals surface area contributed by atoms with E-state index in [1.54, 1.807) is 19.1 Å². The monoisotopic (exact) mass is 416 g/mol. The van der Waals surface area contributed by atoms with Crippen LogP contribution < -0.4 is 5.56 Å². The second kappa shape index (κ2) is 7.97. The summed E-state index contributed by atoms with van der Waals surface area (Å²) in [5.74, 6) is -0.518. The fraction of sp³-hybridized carbons (Fsp3) is 0.400. The van der Waals surface area contributed by atoms with E-state index in [9.17, 15) is 14.4 Å². The Morgan fingerprint density at radius 3 is 2.79 bits per heavy atom. The van der Waals surface area contributed by atoms with Crippen LogP contribution in [0.2, 0.25) is 0 Å². The molecule has 1 aliphatic rings. The zero-order chi connectivity index (χ0) is 19.7. The van der Waals surface area contributed by atoms with Crippen LogP contribution in [0.15, 0.2) is 28.6 Å². The number of thiophene rings is 2. The maximum absolute atomic E-state index is 12.9. The van der Waals surface area contributed by atoms with Crippen LogP contribution in [0, 0.1) is 6.92 Å². The molecule has 3 aromatic heterocycles. The Hall–Kier alpha value is -2.32. The van der Waals surface area contributed by atoms with E-state index >= 15 is 0 Å². The molecule has 0 aliphatic heterocycles. The van der Waals surface area contributed by atoms with E-state index in [0.29, 0.717) is 25.5 Å². The highest BCUT2D eigenvalue weighted by atomic mass is 32.1. The molecule has 0 radical (unpaired) electrons. The molecule has 3 aromatic rings. The lowest BCUT2D eigenvalue weighted by Gasteiger charge is -2.21. The molecule has 0 saturated heterocycles. The van der Waals surface area contributed by atoms with E-state index in [0.717, 1.165) is 25.7 Å². The average molecular weight is 417 g/mol. The summed E-state index contributed by atoms with van der Waals surface area (Å²) < 4.78 is 6.96. The van der Waals surface area contributed by atoms with Gasteiger partial charge in [0.05, 0.1) is 23.1 Å². The largest absolute Gasteiger partial charge is 0.458 e. The van der Waals surface area contributed by atoms with Crippen LogP contribution in [0.3, 0.4) is 0 Å². The van der Waals surface area contributed by atoms with E-state index in [4.69, 9.17) is 4.74 Å². The molecule has 28 heavy (non-hydrogen) atoms. The Balaban J connectivity index is 1.61. The van der Waals surface area contributed by atoms with Crippen molar-refractivity contribution in [1.29, 1.82) is 0 Å². The molecule has 8 heteroatoms. The van der Waals surface area contributed by atoms with Crippen molar-refractivity contribution < 1.29 is 14.3 Å². The molecule has 4 rings (SSSR count). The van der Waals surface area contributed by atoms with Crippen molar-refractivity contribution in [3.8, 4) is 0 Å². The zero-order valence-corrected chi connectivity index (χ0v) is 17.1. The van der Waals surface area contributed by atoms with Crippen LogP contribution in [0.5, 0.6) is 0 Å². The van der Waals surface area contributed by atoms with Gasteiger partial charge in [-0.3, -0.25) is 14.2 Å². The molecule has 1 fully saturated rings. The number of nitrogens with zero attached hydrogens (tertiary/aromatic N) is 2. The third kappa shape index (κ3) is 3.66. The topological polar surface area (TPSA) is 78.3 Å². The first-order valence-electron chi connectivity index (χ1n) is 9.31. The number of hydrogen-bond donors (Lipinski definition) is 0. The second-order valence-electron chi connectivity index (χ2n) is 6.98. The molecule has 3 heterocycles. The van der Waals surface area contributed by atoms with Crippen LogP contribution >= 0.6 is 22.7 Å². The Bertz CT molecular complexity index is 1080. The third-order valence-electron chi connectivity index (χ3n) is 5.04. The van der Waals surface area contributed by atoms with Crippen LogP contribution in [-0.2, 0) is 11.3 Å². The van der Waals surface area contributed by atoms with Gasteiger partial charge in [0.1, 0.15) is 15.8 Å². The molecular formula is C20H20N2O4S2. The van der Waals surface area contributed by atoms with Crippen molar-refractivity contribution in [2.45, 2.75) is 51.7 Å². The number of fused-ring (bicyclic) bond motifs is 1. The van der Waals surface area contributed by atoms with Gasteiger partial charge >= 0.3 is 5.97 Å². The van der Waals surface area contributed by atoms with Crippen molar-refractivity contribution >= 4 is 44.6 Å². The quantitative estimate of drug-likeness (QED) is 0.460. The minimum Gasteiger partial charge on any atom is -0.458 e. The number of aryl methyl sites for hydroxylation is 1. The molecule has 146 valence electrons. The normalized spacial score (nSPS) is 15.0. The van der Waals surface area contributed by atoms with Crippen molar-refractivity contribution in [3.63, 3.8) is 0 Å². The first-order chi connectivity index (χ1) is 13.5. The fourth-order valence-corrected chi connectivity index (χ4v) is 5.20. The second-order valence-corrected chi connectivity index (χ2v) is 8.93. The lowest BCUT2D eigenvalue weighted by atomic mass is 9.98. The SMILES string of the molecule is Cc1c(C(=O)OC2CCCCC2)sc2ncn(CC(=O)c3cccs3)c(=O)c12. The van der Waals surface area contributed by atoms with Gasteiger partial charge in [0, 0.05) is 0 Å². The third-order valence-corrected chi connectivity index (χ3v) is 7.13. The van der Waals surface area contributed by atoms with E-state index < -0.39 is 0 Å². The molecule has 0 N–H and O–H groups in total. The average Bonchev–Trinajstić information content (AvgIpc) is 3.33. The smallest absolute Gasteiger partial charge is 0.348 e. The molecule has 6 nitrogen and oxygen atoms in total. The van der Waals surface area contributed by atoms with Crippen LogP contribution in [0.1, 0.15) is 57.0 Å². The van der Waals surface area contributed by atoms with Crippen LogP contribution in [0.4, 0.5) is 0 Å². The molecule has 0 unspecified atom stereocenters. The van der Waals surface area contributed by atoms with E-state index in [-0.39, 0.29) is 30.0 Å². The lowest BCUT2D eigenvalue weighted by molar-refractivity contribution is 0.0216. The molecule has 0 bridgehead atoms. The van der Waals surface area contributed by atoms with E-state index in [2.05, 4.69) is 4.98 Å². The Kier molecular flexibility index (Phi) is 5.41. The Morgan fingerprint density at radius 1 is 1.29 bits per heavy atom. The summed E-state index contributed by atoms with van der Waals surface area (Å²) in [6.45, 7) is 1.67. The highest BCUT2D eigenvalue weighted by Gasteiger charge is 2.24. The minimum atomic E-state index is -0.381. The zero-order valence-electron chi connectivity index (χ0n) is 15.5. The number of esters is 1. The summed E-state index contributed by atoms with van der Waals surface area (Å²) in [5, 5.41) is 2.21. The van der Waals surface area contributed by atoms with Crippen LogP contribution in [0.25, 0.3) is 10.2 Å². The maximum atomic E-state index is 12.9. The van der Waals surface area contributed by atoms with Gasteiger partial charge in [-0.1, -0.05) is 12.5 Å². The van der Waals surface area contributed by atoms with Gasteiger partial charge in [0.25, 0.3) is 5.56 Å². The number of ketones is 1. The maximum Gasteiger partial charge on any atom is 0.348 e. The number of ether oxygens (including phenoxy) is 1. The van der Waals surface area contributed by atoms with Crippen molar-refractivity contribution in [3.05, 3.63) is 49.5 Å². The Labute approximate surface area is 169 Å². The minimum absolute atomic E-state index is 0.0427. The summed E-state index contributed by atoms with van der Waals surface area (Å²) in [7, 11) is 0. The van der Waals surface area contributed by atoms with Gasteiger partial charge in [-0.05, 0) is 49.6 Å². The first kappa shape index (κ1) is 19.0. The Morgan fingerprint density at radius 2 is 2.07 bits per heavy atom. The number of carbonyl (C=O) groups is 2. The lowest BCUT2D eigenvalue weighted by Crippen LogP contribution is -2.24. The molecule has 0 amide bonds. The first-order valence-corrected chi connectivity index (χ1v) is 11.0. The van der Waals surface area contributed by atoms with E-state index in [1.165, 1.54) is 40.0 Å². The van der Waals surface area contributed by atoms with Crippen LogP contribution in [-0.4, -0.2) is 27.4 Å². The summed E-state index contributed by atoms with van der Waals surface area (Å²) in [6.07, 6.45) is 6.46. The molecule has 0 spiro atoms. The molecule has 0 atom stereocenters. The van der Waals surface area contributed by atoms with Gasteiger partial charge in [0.2, 0.25) is 0 Å². The molecule has 0 aromatic carbocycles. The molecular weight excluding hydrogens is 396 g/mol. The number of carbonyl (C=O) groups excluding carboxylic acids is 2. The van der Waals surface area contributed by atoms with Gasteiger partial charge < -0.3 is 4.74 Å². The molecule has 1 aliphatic carbocycles. The number of rotatable bonds is 5. The van der Waals surface area contributed by atoms with Gasteiger partial charge in [-0.15, -0.1) is 22.7 Å². The van der Waals surface area contributed by atoms with Crippen molar-refractivity contribution in [2.75, 3.05) is 0 Å². The number of hydrogen-bond acceptors (Lipinski definition) is 7. The van der Waals surface area contributed by atoms with Gasteiger partial charge in [-0.2, -0.15) is 0 Å². The highest BCUT2D eigenvalue weighted by molar-refractivity contribution is 7.20. The van der Waals surface area contributed by atoms with Crippen molar-refractivity contribution in [1.82, 2.24) is 9.55 Å². The summed E-state index contributed by atoms with van der Waals surface area (Å²) in [4.78, 5) is 43.7. The number of aromatic nitrogens is 2. The highest BCUT2D eigenvalue weighted by Crippen LogP contribution is 2.29.